The largest absolute Gasteiger partial charge is 0.494 e. The van der Waals surface area contributed by atoms with E-state index in [0.717, 1.165) is 10.2 Å². The molecule has 0 aliphatic rings. The number of aliphatic hydroxyl groups is 1. The molecule has 106 valence electrons. The fourth-order valence-electron chi connectivity index (χ4n) is 1.46. The second kappa shape index (κ2) is 7.50. The van der Waals surface area contributed by atoms with Gasteiger partial charge in [-0.3, -0.25) is 4.79 Å². The van der Waals surface area contributed by atoms with Gasteiger partial charge >= 0.3 is 0 Å². The Balaban J connectivity index is 2.22. The first-order valence-electron chi connectivity index (χ1n) is 6.23. The van der Waals surface area contributed by atoms with E-state index in [2.05, 4.69) is 21.2 Å². The molecule has 0 bridgehead atoms. The zero-order valence-corrected chi connectivity index (χ0v) is 12.9. The first-order chi connectivity index (χ1) is 8.93. The topological polar surface area (TPSA) is 58.6 Å². The zero-order chi connectivity index (χ0) is 14.3. The molecule has 0 saturated heterocycles. The van der Waals surface area contributed by atoms with Gasteiger partial charge in [0.15, 0.2) is 0 Å². The van der Waals surface area contributed by atoms with E-state index in [9.17, 15) is 4.79 Å². The molecule has 0 heterocycles. The summed E-state index contributed by atoms with van der Waals surface area (Å²) >= 11 is 3.37. The van der Waals surface area contributed by atoms with Crippen LogP contribution in [0.15, 0.2) is 28.7 Å². The average molecular weight is 330 g/mol. The summed E-state index contributed by atoms with van der Waals surface area (Å²) < 4.78 is 6.50. The maximum Gasteiger partial charge on any atom is 0.220 e. The highest BCUT2D eigenvalue weighted by Crippen LogP contribution is 2.17. The molecule has 0 spiro atoms. The third-order valence-electron chi connectivity index (χ3n) is 2.49. The van der Waals surface area contributed by atoms with Crippen LogP contribution in [0.25, 0.3) is 0 Å². The molecule has 0 unspecified atom stereocenters. The molecular weight excluding hydrogens is 310 g/mol. The van der Waals surface area contributed by atoms with E-state index >= 15 is 0 Å². The van der Waals surface area contributed by atoms with Crippen LogP contribution >= 0.6 is 15.9 Å². The van der Waals surface area contributed by atoms with Gasteiger partial charge < -0.3 is 15.2 Å². The summed E-state index contributed by atoms with van der Waals surface area (Å²) in [4.78, 5) is 11.6. The summed E-state index contributed by atoms with van der Waals surface area (Å²) in [5, 5.41) is 11.8. The van der Waals surface area contributed by atoms with Gasteiger partial charge in [0.2, 0.25) is 5.91 Å². The van der Waals surface area contributed by atoms with Crippen molar-refractivity contribution in [3.05, 3.63) is 28.7 Å². The lowest BCUT2D eigenvalue weighted by Crippen LogP contribution is -2.46. The molecule has 5 heteroatoms. The van der Waals surface area contributed by atoms with Gasteiger partial charge in [0.1, 0.15) is 5.75 Å². The van der Waals surface area contributed by atoms with Crippen LogP contribution in [0.1, 0.15) is 26.7 Å². The second-order valence-electron chi connectivity index (χ2n) is 5.00. The molecule has 1 aromatic rings. The Hall–Kier alpha value is -1.07. The van der Waals surface area contributed by atoms with Crippen molar-refractivity contribution in [1.29, 1.82) is 0 Å². The fraction of sp³-hybridized carbons (Fsp3) is 0.500. The third-order valence-corrected chi connectivity index (χ3v) is 2.98. The Morgan fingerprint density at radius 1 is 1.47 bits per heavy atom. The van der Waals surface area contributed by atoms with E-state index in [0.29, 0.717) is 19.4 Å². The molecule has 0 radical (unpaired) electrons. The highest BCUT2D eigenvalue weighted by molar-refractivity contribution is 9.10. The van der Waals surface area contributed by atoms with Crippen LogP contribution < -0.4 is 10.1 Å². The number of halogens is 1. The Morgan fingerprint density at radius 3 is 2.84 bits per heavy atom. The van der Waals surface area contributed by atoms with Gasteiger partial charge in [-0.05, 0) is 38.5 Å². The number of carbonyl (C=O) groups is 1. The van der Waals surface area contributed by atoms with Crippen molar-refractivity contribution >= 4 is 21.8 Å². The van der Waals surface area contributed by atoms with Crippen LogP contribution in [0.5, 0.6) is 5.75 Å². The summed E-state index contributed by atoms with van der Waals surface area (Å²) in [6.07, 6.45) is 1.03. The number of carbonyl (C=O) groups excluding carboxylic acids is 1. The predicted octanol–water partition coefficient (Wildman–Crippen LogP) is 2.50. The maximum atomic E-state index is 11.6. The molecular formula is C14H20BrNO3. The van der Waals surface area contributed by atoms with Gasteiger partial charge in [-0.1, -0.05) is 22.0 Å². The standard InChI is InChI=1S/C14H20BrNO3/c1-14(2,10-17)16-13(18)7-4-8-19-12-6-3-5-11(15)9-12/h3,5-6,9,17H,4,7-8,10H2,1-2H3,(H,16,18). The monoisotopic (exact) mass is 329 g/mol. The van der Waals surface area contributed by atoms with E-state index in [1.807, 2.05) is 24.3 Å². The zero-order valence-electron chi connectivity index (χ0n) is 11.3. The van der Waals surface area contributed by atoms with Crippen molar-refractivity contribution in [3.63, 3.8) is 0 Å². The maximum absolute atomic E-state index is 11.6. The van der Waals surface area contributed by atoms with Gasteiger partial charge in [0.05, 0.1) is 18.8 Å². The van der Waals surface area contributed by atoms with E-state index in [1.54, 1.807) is 13.8 Å². The minimum atomic E-state index is -0.567. The SMILES string of the molecule is CC(C)(CO)NC(=O)CCCOc1cccc(Br)c1. The molecule has 2 N–H and O–H groups in total. The third kappa shape index (κ3) is 6.59. The predicted molar refractivity (Wildman–Crippen MR) is 78.2 cm³/mol. The van der Waals surface area contributed by atoms with Crippen LogP contribution in [0.3, 0.4) is 0 Å². The summed E-state index contributed by atoms with van der Waals surface area (Å²) in [6, 6.07) is 7.59. The number of rotatable bonds is 7. The molecule has 19 heavy (non-hydrogen) atoms. The van der Waals surface area contributed by atoms with Gasteiger partial charge in [-0.25, -0.2) is 0 Å². The lowest BCUT2D eigenvalue weighted by atomic mass is 10.1. The molecule has 0 saturated carbocycles. The number of hydrogen-bond acceptors (Lipinski definition) is 3. The fourth-order valence-corrected chi connectivity index (χ4v) is 1.84. The molecule has 0 fully saturated rings. The number of aliphatic hydroxyl groups excluding tert-OH is 1. The highest BCUT2D eigenvalue weighted by atomic mass is 79.9. The van der Waals surface area contributed by atoms with E-state index in [-0.39, 0.29) is 12.5 Å². The van der Waals surface area contributed by atoms with E-state index in [1.165, 1.54) is 0 Å². The van der Waals surface area contributed by atoms with Crippen molar-refractivity contribution in [2.24, 2.45) is 0 Å². The molecule has 0 aliphatic heterocycles. The van der Waals surface area contributed by atoms with Crippen LogP contribution in [-0.4, -0.2) is 29.8 Å². The van der Waals surface area contributed by atoms with Gasteiger partial charge in [0.25, 0.3) is 0 Å². The molecule has 1 rings (SSSR count). The van der Waals surface area contributed by atoms with Crippen LogP contribution in [0.2, 0.25) is 0 Å². The Morgan fingerprint density at radius 2 is 2.21 bits per heavy atom. The lowest BCUT2D eigenvalue weighted by molar-refractivity contribution is -0.123. The first kappa shape index (κ1) is 16.0. The van der Waals surface area contributed by atoms with E-state index < -0.39 is 5.54 Å². The minimum Gasteiger partial charge on any atom is -0.494 e. The van der Waals surface area contributed by atoms with Crippen molar-refractivity contribution in [2.45, 2.75) is 32.2 Å². The Kier molecular flexibility index (Phi) is 6.31. The molecule has 1 amide bonds. The summed E-state index contributed by atoms with van der Waals surface area (Å²) in [6.45, 7) is 3.97. The number of ether oxygens (including phenoxy) is 1. The molecule has 0 atom stereocenters. The van der Waals surface area contributed by atoms with Crippen molar-refractivity contribution in [1.82, 2.24) is 5.32 Å². The lowest BCUT2D eigenvalue weighted by Gasteiger charge is -2.23. The van der Waals surface area contributed by atoms with Gasteiger partial charge in [0, 0.05) is 10.9 Å². The molecule has 0 aliphatic carbocycles. The first-order valence-corrected chi connectivity index (χ1v) is 7.02. The average Bonchev–Trinajstić information content (AvgIpc) is 2.34. The van der Waals surface area contributed by atoms with Gasteiger partial charge in [-0.15, -0.1) is 0 Å². The summed E-state index contributed by atoms with van der Waals surface area (Å²) in [5.41, 5.74) is -0.567. The van der Waals surface area contributed by atoms with E-state index in [4.69, 9.17) is 9.84 Å². The highest BCUT2D eigenvalue weighted by Gasteiger charge is 2.18. The van der Waals surface area contributed by atoms with Crippen LogP contribution in [0, 0.1) is 0 Å². The van der Waals surface area contributed by atoms with Gasteiger partial charge in [-0.2, -0.15) is 0 Å². The van der Waals surface area contributed by atoms with Crippen molar-refractivity contribution in [2.75, 3.05) is 13.2 Å². The number of hydrogen-bond donors (Lipinski definition) is 2. The normalized spacial score (nSPS) is 11.2. The van der Waals surface area contributed by atoms with Crippen molar-refractivity contribution in [3.8, 4) is 5.75 Å². The number of nitrogens with one attached hydrogen (secondary N) is 1. The smallest absolute Gasteiger partial charge is 0.220 e. The number of benzene rings is 1. The summed E-state index contributed by atoms with van der Waals surface area (Å²) in [7, 11) is 0. The van der Waals surface area contributed by atoms with Crippen LogP contribution in [-0.2, 0) is 4.79 Å². The van der Waals surface area contributed by atoms with Crippen molar-refractivity contribution < 1.29 is 14.6 Å². The minimum absolute atomic E-state index is 0.0723. The number of amides is 1. The molecule has 0 aromatic heterocycles. The quantitative estimate of drug-likeness (QED) is 0.755. The second-order valence-corrected chi connectivity index (χ2v) is 5.92. The summed E-state index contributed by atoms with van der Waals surface area (Å²) in [5.74, 6) is 0.711. The molecule has 4 nitrogen and oxygen atoms in total. The Bertz CT molecular complexity index is 421. The van der Waals surface area contributed by atoms with Crippen LogP contribution in [0.4, 0.5) is 0 Å². The molecule has 1 aromatic carbocycles. The Labute approximate surface area is 122 Å².